The molecule has 2 rings (SSSR count). The summed E-state index contributed by atoms with van der Waals surface area (Å²) in [6.07, 6.45) is 6.51. The monoisotopic (exact) mass is 306 g/mol. The molecule has 0 bridgehead atoms. The van der Waals surface area contributed by atoms with Crippen molar-refractivity contribution in [3.63, 3.8) is 0 Å². The first-order chi connectivity index (χ1) is 10.2. The Kier molecular flexibility index (Phi) is 6.30. The van der Waals surface area contributed by atoms with Crippen molar-refractivity contribution in [2.75, 3.05) is 13.7 Å². The Morgan fingerprint density at radius 2 is 1.90 bits per heavy atom. The summed E-state index contributed by atoms with van der Waals surface area (Å²) in [6.45, 7) is 3.52. The van der Waals surface area contributed by atoms with Crippen molar-refractivity contribution >= 4 is 17.3 Å². The van der Waals surface area contributed by atoms with Gasteiger partial charge in [0.25, 0.3) is 0 Å². The number of nitrogens with one attached hydrogen (secondary N) is 1. The van der Waals surface area contributed by atoms with Gasteiger partial charge in [-0.05, 0) is 49.7 Å². The highest BCUT2D eigenvalue weighted by Gasteiger charge is 2.15. The van der Waals surface area contributed by atoms with Gasteiger partial charge < -0.3 is 15.0 Å². The molecule has 0 amide bonds. The highest BCUT2D eigenvalue weighted by atomic mass is 32.1. The molecule has 0 unspecified atom stereocenters. The van der Waals surface area contributed by atoms with Crippen LogP contribution in [0.3, 0.4) is 0 Å². The number of hydrogen-bond donors (Lipinski definition) is 1. The second-order valence-electron chi connectivity index (χ2n) is 5.72. The highest BCUT2D eigenvalue weighted by molar-refractivity contribution is 7.80. The zero-order chi connectivity index (χ0) is 15.1. The molecule has 1 aliphatic carbocycles. The van der Waals surface area contributed by atoms with Gasteiger partial charge in [0.05, 0.1) is 6.61 Å². The molecule has 0 radical (unpaired) electrons. The van der Waals surface area contributed by atoms with Gasteiger partial charge in [0.1, 0.15) is 5.75 Å². The number of rotatable bonds is 5. The zero-order valence-corrected chi connectivity index (χ0v) is 13.9. The summed E-state index contributed by atoms with van der Waals surface area (Å²) in [5, 5.41) is 4.36. The SMILES string of the molecule is CCOc1ccc(CN(C)C(=S)NC2CCCCC2)cc1. The molecular weight excluding hydrogens is 280 g/mol. The van der Waals surface area contributed by atoms with Crippen molar-refractivity contribution in [2.24, 2.45) is 0 Å². The van der Waals surface area contributed by atoms with Gasteiger partial charge in [-0.3, -0.25) is 0 Å². The first-order valence-electron chi connectivity index (χ1n) is 7.92. The summed E-state index contributed by atoms with van der Waals surface area (Å²) in [5.41, 5.74) is 1.24. The van der Waals surface area contributed by atoms with Gasteiger partial charge in [0.15, 0.2) is 5.11 Å². The van der Waals surface area contributed by atoms with E-state index in [1.54, 1.807) is 0 Å². The fourth-order valence-corrected chi connectivity index (χ4v) is 2.97. The van der Waals surface area contributed by atoms with E-state index in [0.29, 0.717) is 12.6 Å². The molecular formula is C17H26N2OS. The lowest BCUT2D eigenvalue weighted by Gasteiger charge is -2.28. The third-order valence-electron chi connectivity index (χ3n) is 3.93. The van der Waals surface area contributed by atoms with E-state index in [-0.39, 0.29) is 0 Å². The molecule has 4 heteroatoms. The maximum atomic E-state index is 5.51. The zero-order valence-electron chi connectivity index (χ0n) is 13.1. The second kappa shape index (κ2) is 8.23. The smallest absolute Gasteiger partial charge is 0.169 e. The quantitative estimate of drug-likeness (QED) is 0.838. The number of nitrogens with zero attached hydrogens (tertiary/aromatic N) is 1. The van der Waals surface area contributed by atoms with Crippen LogP contribution in [-0.4, -0.2) is 29.7 Å². The van der Waals surface area contributed by atoms with Gasteiger partial charge in [-0.25, -0.2) is 0 Å². The minimum absolute atomic E-state index is 0.564. The number of ether oxygens (including phenoxy) is 1. The summed E-state index contributed by atoms with van der Waals surface area (Å²) in [5.74, 6) is 0.923. The Bertz CT molecular complexity index is 441. The summed E-state index contributed by atoms with van der Waals surface area (Å²) in [6, 6.07) is 8.80. The predicted octanol–water partition coefficient (Wildman–Crippen LogP) is 3.72. The van der Waals surface area contributed by atoms with Crippen LogP contribution in [0.5, 0.6) is 5.75 Å². The number of hydrogen-bond acceptors (Lipinski definition) is 2. The largest absolute Gasteiger partial charge is 0.494 e. The molecule has 0 aliphatic heterocycles. The summed E-state index contributed by atoms with van der Waals surface area (Å²) in [7, 11) is 2.05. The lowest BCUT2D eigenvalue weighted by molar-refractivity contribution is 0.340. The van der Waals surface area contributed by atoms with Crippen molar-refractivity contribution in [2.45, 2.75) is 51.6 Å². The van der Waals surface area contributed by atoms with Crippen LogP contribution in [0.25, 0.3) is 0 Å². The molecule has 3 nitrogen and oxygen atoms in total. The van der Waals surface area contributed by atoms with E-state index in [1.807, 2.05) is 19.1 Å². The van der Waals surface area contributed by atoms with E-state index in [4.69, 9.17) is 17.0 Å². The maximum absolute atomic E-state index is 5.51. The van der Waals surface area contributed by atoms with Crippen molar-refractivity contribution < 1.29 is 4.74 Å². The molecule has 0 spiro atoms. The topological polar surface area (TPSA) is 24.5 Å². The lowest BCUT2D eigenvalue weighted by atomic mass is 9.96. The number of thiocarbonyl (C=S) groups is 1. The van der Waals surface area contributed by atoms with Crippen LogP contribution >= 0.6 is 12.2 Å². The van der Waals surface area contributed by atoms with Gasteiger partial charge in [-0.2, -0.15) is 0 Å². The second-order valence-corrected chi connectivity index (χ2v) is 6.10. The van der Waals surface area contributed by atoms with E-state index in [1.165, 1.54) is 37.7 Å². The van der Waals surface area contributed by atoms with Gasteiger partial charge in [0.2, 0.25) is 0 Å². The summed E-state index contributed by atoms with van der Waals surface area (Å²) >= 11 is 5.51. The third kappa shape index (κ3) is 5.20. The van der Waals surface area contributed by atoms with Gasteiger partial charge in [-0.15, -0.1) is 0 Å². The van der Waals surface area contributed by atoms with Crippen LogP contribution in [0.1, 0.15) is 44.6 Å². The van der Waals surface area contributed by atoms with E-state index in [0.717, 1.165) is 17.4 Å². The molecule has 0 heterocycles. The fourth-order valence-electron chi connectivity index (χ4n) is 2.74. The van der Waals surface area contributed by atoms with Crippen molar-refractivity contribution in [3.05, 3.63) is 29.8 Å². The molecule has 0 aromatic heterocycles. The normalized spacial score (nSPS) is 15.5. The van der Waals surface area contributed by atoms with E-state index in [2.05, 4.69) is 29.4 Å². The molecule has 1 aliphatic rings. The highest BCUT2D eigenvalue weighted by Crippen LogP contribution is 2.18. The van der Waals surface area contributed by atoms with E-state index < -0.39 is 0 Å². The Labute approximate surface area is 133 Å². The van der Waals surface area contributed by atoms with Crippen LogP contribution in [0.2, 0.25) is 0 Å². The number of benzene rings is 1. The Hall–Kier alpha value is -1.29. The predicted molar refractivity (Wildman–Crippen MR) is 91.7 cm³/mol. The molecule has 1 fully saturated rings. The molecule has 0 saturated heterocycles. The molecule has 1 saturated carbocycles. The van der Waals surface area contributed by atoms with Gasteiger partial charge in [0, 0.05) is 19.6 Å². The summed E-state index contributed by atoms with van der Waals surface area (Å²) < 4.78 is 5.46. The molecule has 1 aromatic carbocycles. The van der Waals surface area contributed by atoms with Gasteiger partial charge >= 0.3 is 0 Å². The Morgan fingerprint density at radius 3 is 2.52 bits per heavy atom. The van der Waals surface area contributed by atoms with Crippen LogP contribution in [0, 0.1) is 0 Å². The minimum atomic E-state index is 0.564. The molecule has 1 aromatic rings. The minimum Gasteiger partial charge on any atom is -0.494 e. The maximum Gasteiger partial charge on any atom is 0.169 e. The average Bonchev–Trinajstić information content (AvgIpc) is 2.50. The fraction of sp³-hybridized carbons (Fsp3) is 0.588. The molecule has 21 heavy (non-hydrogen) atoms. The van der Waals surface area contributed by atoms with E-state index in [9.17, 15) is 0 Å². The molecule has 1 N–H and O–H groups in total. The third-order valence-corrected chi connectivity index (χ3v) is 4.36. The van der Waals surface area contributed by atoms with E-state index >= 15 is 0 Å². The van der Waals surface area contributed by atoms with Crippen LogP contribution in [0.15, 0.2) is 24.3 Å². The van der Waals surface area contributed by atoms with Gasteiger partial charge in [-0.1, -0.05) is 31.4 Å². The molecule has 0 atom stereocenters. The first-order valence-corrected chi connectivity index (χ1v) is 8.33. The van der Waals surface area contributed by atoms with Crippen LogP contribution in [-0.2, 0) is 6.54 Å². The first kappa shape index (κ1) is 16.1. The Morgan fingerprint density at radius 1 is 1.24 bits per heavy atom. The van der Waals surface area contributed by atoms with Crippen LogP contribution < -0.4 is 10.1 Å². The lowest BCUT2D eigenvalue weighted by Crippen LogP contribution is -2.43. The Balaban J connectivity index is 1.81. The standard InChI is InChI=1S/C17H26N2OS/c1-3-20-16-11-9-14(10-12-16)13-19(2)17(21)18-15-7-5-4-6-8-15/h9-12,15H,3-8,13H2,1-2H3,(H,18,21). The molecule has 116 valence electrons. The summed E-state index contributed by atoms with van der Waals surface area (Å²) in [4.78, 5) is 2.11. The van der Waals surface area contributed by atoms with Crippen LogP contribution in [0.4, 0.5) is 0 Å². The van der Waals surface area contributed by atoms with Crippen molar-refractivity contribution in [1.82, 2.24) is 10.2 Å². The van der Waals surface area contributed by atoms with Crippen molar-refractivity contribution in [1.29, 1.82) is 0 Å². The van der Waals surface area contributed by atoms with Crippen molar-refractivity contribution in [3.8, 4) is 5.75 Å². The average molecular weight is 306 g/mol.